The number of nitrogens with two attached hydrogens (primary N) is 1. The second kappa shape index (κ2) is 5.92. The van der Waals surface area contributed by atoms with Crippen LogP contribution in [0.2, 0.25) is 0 Å². The van der Waals surface area contributed by atoms with E-state index in [0.717, 1.165) is 12.1 Å². The highest BCUT2D eigenvalue weighted by molar-refractivity contribution is 5.93. The summed E-state index contributed by atoms with van der Waals surface area (Å²) in [5, 5.41) is 0. The summed E-state index contributed by atoms with van der Waals surface area (Å²) in [6, 6.07) is 1.70. The minimum atomic E-state index is -0.440. The van der Waals surface area contributed by atoms with Crippen LogP contribution in [0.4, 0.5) is 10.7 Å². The maximum atomic E-state index is 12.9. The molecule has 1 atom stereocenters. The third-order valence-electron chi connectivity index (χ3n) is 4.86. The molecule has 2 aliphatic heterocycles. The molecule has 8 heteroatoms. The maximum absolute atomic E-state index is 12.9. The highest BCUT2D eigenvalue weighted by atomic mass is 16.6. The Balaban J connectivity index is 1.85. The lowest BCUT2D eigenvalue weighted by Crippen LogP contribution is -2.62. The van der Waals surface area contributed by atoms with Gasteiger partial charge in [-0.2, -0.15) is 0 Å². The third-order valence-corrected chi connectivity index (χ3v) is 4.86. The van der Waals surface area contributed by atoms with Gasteiger partial charge in [0.2, 0.25) is 5.95 Å². The summed E-state index contributed by atoms with van der Waals surface area (Å²) in [4.78, 5) is 36.5. The van der Waals surface area contributed by atoms with Crippen LogP contribution in [0.25, 0.3) is 0 Å². The number of hydrogen-bond acceptors (Lipinski definition) is 6. The lowest BCUT2D eigenvalue weighted by molar-refractivity contribution is 0.0357. The molecule has 2 amide bonds. The minimum Gasteiger partial charge on any atom is -0.447 e. The first-order chi connectivity index (χ1) is 11.4. The van der Waals surface area contributed by atoms with E-state index < -0.39 is 5.54 Å². The lowest BCUT2D eigenvalue weighted by atomic mass is 9.92. The van der Waals surface area contributed by atoms with Crippen molar-refractivity contribution in [1.29, 1.82) is 0 Å². The fourth-order valence-electron chi connectivity index (χ4n) is 3.29. The number of piperazine rings is 1. The molecule has 2 aliphatic rings. The highest BCUT2D eigenvalue weighted by Gasteiger charge is 2.50. The third kappa shape index (κ3) is 2.65. The summed E-state index contributed by atoms with van der Waals surface area (Å²) >= 11 is 0. The minimum absolute atomic E-state index is 0.104. The number of anilines is 1. The van der Waals surface area contributed by atoms with E-state index >= 15 is 0 Å². The van der Waals surface area contributed by atoms with Crippen LogP contribution in [-0.4, -0.2) is 63.5 Å². The fraction of sp³-hybridized carbons (Fsp3) is 0.625. The average molecular weight is 333 g/mol. The summed E-state index contributed by atoms with van der Waals surface area (Å²) in [7, 11) is 0. The molecular formula is C16H23N5O3. The Labute approximate surface area is 141 Å². The number of carbonyl (C=O) groups excluding carboxylic acids is 2. The van der Waals surface area contributed by atoms with E-state index in [1.807, 2.05) is 20.8 Å². The standard InChI is InChI=1S/C16H23N5O3/c1-4-16-8-20(5-6-21(16)15(23)24-9-16)13(22)12-7-11(10(2)3)18-14(17)19-12/h7,10H,4-6,8-9H2,1-3H3,(H2,17,18,19). The van der Waals surface area contributed by atoms with Gasteiger partial charge in [0.05, 0.1) is 5.54 Å². The Bertz CT molecular complexity index is 678. The first-order valence-corrected chi connectivity index (χ1v) is 8.24. The molecule has 0 spiro atoms. The van der Waals surface area contributed by atoms with Crippen molar-refractivity contribution >= 4 is 17.9 Å². The maximum Gasteiger partial charge on any atom is 0.410 e. The van der Waals surface area contributed by atoms with Crippen LogP contribution in [0.3, 0.4) is 0 Å². The summed E-state index contributed by atoms with van der Waals surface area (Å²) in [5.41, 5.74) is 6.36. The zero-order valence-electron chi connectivity index (χ0n) is 14.3. The molecule has 0 aromatic carbocycles. The van der Waals surface area contributed by atoms with E-state index in [1.165, 1.54) is 0 Å². The van der Waals surface area contributed by atoms with Crippen LogP contribution < -0.4 is 5.73 Å². The molecule has 8 nitrogen and oxygen atoms in total. The van der Waals surface area contributed by atoms with E-state index in [-0.39, 0.29) is 23.9 Å². The summed E-state index contributed by atoms with van der Waals surface area (Å²) < 4.78 is 5.20. The van der Waals surface area contributed by atoms with Gasteiger partial charge in [-0.3, -0.25) is 9.69 Å². The van der Waals surface area contributed by atoms with Gasteiger partial charge in [0.1, 0.15) is 12.3 Å². The van der Waals surface area contributed by atoms with Crippen LogP contribution in [0.15, 0.2) is 6.07 Å². The molecule has 1 unspecified atom stereocenters. The predicted octanol–water partition coefficient (Wildman–Crippen LogP) is 1.24. The Kier molecular flexibility index (Phi) is 4.06. The van der Waals surface area contributed by atoms with E-state index in [1.54, 1.807) is 15.9 Å². The molecule has 24 heavy (non-hydrogen) atoms. The topological polar surface area (TPSA) is 102 Å². The molecule has 2 fully saturated rings. The van der Waals surface area contributed by atoms with E-state index in [4.69, 9.17) is 10.5 Å². The Morgan fingerprint density at radius 2 is 2.17 bits per heavy atom. The molecule has 0 radical (unpaired) electrons. The van der Waals surface area contributed by atoms with Gasteiger partial charge in [-0.05, 0) is 18.4 Å². The van der Waals surface area contributed by atoms with Crippen molar-refractivity contribution in [2.75, 3.05) is 32.0 Å². The average Bonchev–Trinajstić information content (AvgIpc) is 2.90. The van der Waals surface area contributed by atoms with Crippen molar-refractivity contribution in [3.05, 3.63) is 17.5 Å². The number of carbonyl (C=O) groups is 2. The Hall–Kier alpha value is -2.38. The van der Waals surface area contributed by atoms with Crippen molar-refractivity contribution in [3.63, 3.8) is 0 Å². The lowest BCUT2D eigenvalue weighted by Gasteiger charge is -2.44. The number of hydrogen-bond donors (Lipinski definition) is 1. The number of fused-ring (bicyclic) bond motifs is 1. The Morgan fingerprint density at radius 3 is 2.83 bits per heavy atom. The number of rotatable bonds is 3. The fourth-order valence-corrected chi connectivity index (χ4v) is 3.29. The zero-order valence-corrected chi connectivity index (χ0v) is 14.3. The Morgan fingerprint density at radius 1 is 1.42 bits per heavy atom. The smallest absolute Gasteiger partial charge is 0.410 e. The number of amides is 2. The first kappa shape index (κ1) is 16.5. The quantitative estimate of drug-likeness (QED) is 0.893. The van der Waals surface area contributed by atoms with Gasteiger partial charge in [0.15, 0.2) is 0 Å². The summed E-state index contributed by atoms with van der Waals surface area (Å²) in [6.07, 6.45) is 0.434. The van der Waals surface area contributed by atoms with Gasteiger partial charge < -0.3 is 15.4 Å². The van der Waals surface area contributed by atoms with Gasteiger partial charge >= 0.3 is 6.09 Å². The van der Waals surface area contributed by atoms with Crippen molar-refractivity contribution in [3.8, 4) is 0 Å². The number of nitrogens with zero attached hydrogens (tertiary/aromatic N) is 4. The van der Waals surface area contributed by atoms with Crippen molar-refractivity contribution in [2.24, 2.45) is 0 Å². The molecule has 0 bridgehead atoms. The molecule has 1 aromatic heterocycles. The normalized spacial score (nSPS) is 23.4. The molecule has 2 saturated heterocycles. The molecular weight excluding hydrogens is 310 g/mol. The number of nitrogen functional groups attached to an aromatic ring is 1. The van der Waals surface area contributed by atoms with Crippen LogP contribution in [0.1, 0.15) is 49.3 Å². The predicted molar refractivity (Wildman–Crippen MR) is 87.5 cm³/mol. The number of ether oxygens (including phenoxy) is 1. The molecule has 0 saturated carbocycles. The number of aromatic nitrogens is 2. The zero-order chi connectivity index (χ0) is 17.5. The first-order valence-electron chi connectivity index (χ1n) is 8.24. The van der Waals surface area contributed by atoms with Crippen LogP contribution in [0, 0.1) is 0 Å². The summed E-state index contributed by atoms with van der Waals surface area (Å²) in [5.74, 6) is 0.0760. The second-order valence-corrected chi connectivity index (χ2v) is 6.70. The van der Waals surface area contributed by atoms with Crippen molar-refractivity contribution in [2.45, 2.75) is 38.6 Å². The second-order valence-electron chi connectivity index (χ2n) is 6.70. The highest BCUT2D eigenvalue weighted by Crippen LogP contribution is 2.32. The molecule has 1 aromatic rings. The van der Waals surface area contributed by atoms with Crippen LogP contribution in [-0.2, 0) is 4.74 Å². The molecule has 3 heterocycles. The summed E-state index contributed by atoms with van der Waals surface area (Å²) in [6.45, 7) is 7.66. The van der Waals surface area contributed by atoms with Gasteiger partial charge in [-0.25, -0.2) is 14.8 Å². The molecule has 2 N–H and O–H groups in total. The molecule has 3 rings (SSSR count). The van der Waals surface area contributed by atoms with Gasteiger partial charge in [0, 0.05) is 25.3 Å². The van der Waals surface area contributed by atoms with Gasteiger partial charge in [-0.1, -0.05) is 20.8 Å². The van der Waals surface area contributed by atoms with Gasteiger partial charge in [-0.15, -0.1) is 0 Å². The van der Waals surface area contributed by atoms with Crippen LogP contribution in [0.5, 0.6) is 0 Å². The van der Waals surface area contributed by atoms with E-state index in [9.17, 15) is 9.59 Å². The number of cyclic esters (lactones) is 1. The SMILES string of the molecule is CCC12COC(=O)N1CCN(C(=O)c1cc(C(C)C)nc(N)n1)C2. The van der Waals surface area contributed by atoms with E-state index in [0.29, 0.717) is 31.9 Å². The monoisotopic (exact) mass is 333 g/mol. The molecule has 130 valence electrons. The van der Waals surface area contributed by atoms with Crippen LogP contribution >= 0.6 is 0 Å². The van der Waals surface area contributed by atoms with E-state index in [2.05, 4.69) is 9.97 Å². The van der Waals surface area contributed by atoms with Gasteiger partial charge in [0.25, 0.3) is 5.91 Å². The van der Waals surface area contributed by atoms with Crippen molar-refractivity contribution < 1.29 is 14.3 Å². The largest absolute Gasteiger partial charge is 0.447 e. The van der Waals surface area contributed by atoms with Crippen molar-refractivity contribution in [1.82, 2.24) is 19.8 Å². The molecule has 0 aliphatic carbocycles.